The van der Waals surface area contributed by atoms with Crippen molar-refractivity contribution in [2.24, 2.45) is 0 Å². The van der Waals surface area contributed by atoms with E-state index < -0.39 is 36.4 Å². The number of pyridine rings is 1. The molecule has 0 amide bonds. The maximum Gasteiger partial charge on any atom is 0.490 e. The van der Waals surface area contributed by atoms with Crippen LogP contribution in [-0.2, 0) is 45.4 Å². The van der Waals surface area contributed by atoms with Crippen molar-refractivity contribution < 1.29 is 74.0 Å². The van der Waals surface area contributed by atoms with Gasteiger partial charge in [0.05, 0.1) is 18.9 Å². The monoisotopic (exact) mass is 672 g/mol. The molecule has 0 bridgehead atoms. The first-order valence-corrected chi connectivity index (χ1v) is 12.2. The molecule has 0 fully saturated rings. The molecule has 45 heavy (non-hydrogen) atoms. The van der Waals surface area contributed by atoms with Crippen molar-refractivity contribution in [1.82, 2.24) is 29.8 Å². The van der Waals surface area contributed by atoms with E-state index in [0.29, 0.717) is 13.2 Å². The van der Waals surface area contributed by atoms with Gasteiger partial charge in [0.1, 0.15) is 5.69 Å². The molecule has 0 saturated carbocycles. The van der Waals surface area contributed by atoms with Crippen LogP contribution in [0.15, 0.2) is 24.5 Å². The van der Waals surface area contributed by atoms with Crippen LogP contribution in [0.1, 0.15) is 23.4 Å². The van der Waals surface area contributed by atoms with Crippen molar-refractivity contribution in [3.63, 3.8) is 0 Å². The standard InChI is InChI=1S/C17H26N6O.3C2HF3O2/c1-21(2)10-11-24-14-16-17-13-22(8-3-9-23(17)20-19-16)12-15-4-6-18-7-5-15;3*3-2(4,5)1(6)7/h4-7H,3,8-14H2,1-2H3;3*(H,6,7). The molecule has 0 aromatic carbocycles. The molecule has 0 radical (unpaired) electrons. The molecule has 256 valence electrons. The maximum atomic E-state index is 10.6. The molecule has 2 aromatic rings. The van der Waals surface area contributed by atoms with E-state index in [1.54, 1.807) is 0 Å². The molecular weight excluding hydrogens is 643 g/mol. The van der Waals surface area contributed by atoms with Gasteiger partial charge in [0.2, 0.25) is 0 Å². The summed E-state index contributed by atoms with van der Waals surface area (Å²) in [6, 6.07) is 4.15. The number of likely N-dealkylation sites (N-methyl/N-ethyl adjacent to an activating group) is 1. The second kappa shape index (κ2) is 18.7. The lowest BCUT2D eigenvalue weighted by atomic mass is 10.2. The number of carboxylic acid groups (broad SMARTS) is 3. The number of aromatic nitrogens is 4. The summed E-state index contributed by atoms with van der Waals surface area (Å²) in [5, 5.41) is 30.0. The summed E-state index contributed by atoms with van der Waals surface area (Å²) in [6.07, 6.45) is -10.5. The van der Waals surface area contributed by atoms with Gasteiger partial charge in [0.25, 0.3) is 0 Å². The van der Waals surface area contributed by atoms with Gasteiger partial charge in [-0.1, -0.05) is 5.21 Å². The van der Waals surface area contributed by atoms with Gasteiger partial charge in [-0.05, 0) is 38.2 Å². The molecular formula is C23H29F9N6O7. The van der Waals surface area contributed by atoms with E-state index in [0.717, 1.165) is 44.8 Å². The molecule has 22 heteroatoms. The minimum absolute atomic E-state index is 0.534. The zero-order valence-corrected chi connectivity index (χ0v) is 23.5. The molecule has 3 rings (SSSR count). The van der Waals surface area contributed by atoms with Gasteiger partial charge in [-0.3, -0.25) is 9.88 Å². The summed E-state index contributed by atoms with van der Waals surface area (Å²) < 4.78 is 103. The number of hydrogen-bond acceptors (Lipinski definition) is 9. The fourth-order valence-corrected chi connectivity index (χ4v) is 2.87. The van der Waals surface area contributed by atoms with Gasteiger partial charge in [0.15, 0.2) is 0 Å². The molecule has 3 heterocycles. The fraction of sp³-hybridized carbons (Fsp3) is 0.565. The number of carboxylic acids is 3. The average Bonchev–Trinajstić information content (AvgIpc) is 3.15. The number of aliphatic carboxylic acids is 3. The van der Waals surface area contributed by atoms with Crippen LogP contribution in [0, 0.1) is 0 Å². The highest BCUT2D eigenvalue weighted by atomic mass is 19.4. The molecule has 0 spiro atoms. The van der Waals surface area contributed by atoms with Crippen molar-refractivity contribution in [2.45, 2.75) is 51.2 Å². The average molecular weight is 673 g/mol. The van der Waals surface area contributed by atoms with E-state index in [4.69, 9.17) is 34.4 Å². The first-order chi connectivity index (χ1) is 20.6. The molecule has 0 unspecified atom stereocenters. The van der Waals surface area contributed by atoms with E-state index in [2.05, 4.69) is 37.2 Å². The van der Waals surface area contributed by atoms with Crippen molar-refractivity contribution in [3.8, 4) is 0 Å². The van der Waals surface area contributed by atoms with Crippen molar-refractivity contribution in [1.29, 1.82) is 0 Å². The van der Waals surface area contributed by atoms with E-state index >= 15 is 0 Å². The largest absolute Gasteiger partial charge is 0.490 e. The number of carbonyl (C=O) groups is 3. The SMILES string of the molecule is CN(C)CCOCc1nnn2c1CN(Cc1ccncc1)CCC2.O=C(O)C(F)(F)F.O=C(O)C(F)(F)F.O=C(O)C(F)(F)F. The van der Waals surface area contributed by atoms with Crippen molar-refractivity contribution >= 4 is 17.9 Å². The van der Waals surface area contributed by atoms with E-state index in [1.165, 1.54) is 11.3 Å². The molecule has 13 nitrogen and oxygen atoms in total. The predicted octanol–water partition coefficient (Wildman–Crippen LogP) is 3.06. The predicted molar refractivity (Wildman–Crippen MR) is 132 cm³/mol. The third-order valence-electron chi connectivity index (χ3n) is 4.94. The number of fused-ring (bicyclic) bond motifs is 1. The lowest BCUT2D eigenvalue weighted by Crippen LogP contribution is -2.23. The Morgan fingerprint density at radius 2 is 1.33 bits per heavy atom. The van der Waals surface area contributed by atoms with Crippen molar-refractivity contribution in [2.75, 3.05) is 33.8 Å². The third-order valence-corrected chi connectivity index (χ3v) is 4.94. The quantitative estimate of drug-likeness (QED) is 0.291. The summed E-state index contributed by atoms with van der Waals surface area (Å²) in [6.45, 7) is 5.93. The Balaban J connectivity index is 0.000000753. The van der Waals surface area contributed by atoms with Crippen LogP contribution < -0.4 is 0 Å². The summed E-state index contributed by atoms with van der Waals surface area (Å²) in [5.74, 6) is -8.27. The molecule has 0 atom stereocenters. The van der Waals surface area contributed by atoms with Gasteiger partial charge in [-0.25, -0.2) is 19.1 Å². The van der Waals surface area contributed by atoms with Crippen LogP contribution in [-0.4, -0.2) is 115 Å². The summed E-state index contributed by atoms with van der Waals surface area (Å²) >= 11 is 0. The molecule has 3 N–H and O–H groups in total. The molecule has 0 saturated heterocycles. The Bertz CT molecular complexity index is 1130. The zero-order valence-electron chi connectivity index (χ0n) is 23.5. The number of alkyl halides is 9. The van der Waals surface area contributed by atoms with Gasteiger partial charge in [0, 0.05) is 45.1 Å². The van der Waals surface area contributed by atoms with Crippen LogP contribution in [0.25, 0.3) is 0 Å². The Morgan fingerprint density at radius 3 is 1.76 bits per heavy atom. The van der Waals surface area contributed by atoms with Gasteiger partial charge in [-0.15, -0.1) is 5.10 Å². The summed E-state index contributed by atoms with van der Waals surface area (Å²) in [4.78, 5) is 35.3. The number of nitrogens with zero attached hydrogens (tertiary/aromatic N) is 6. The normalized spacial score (nSPS) is 13.5. The van der Waals surface area contributed by atoms with Gasteiger partial charge in [-0.2, -0.15) is 39.5 Å². The highest BCUT2D eigenvalue weighted by Gasteiger charge is 2.39. The number of rotatable bonds is 7. The number of hydrogen-bond donors (Lipinski definition) is 3. The van der Waals surface area contributed by atoms with Gasteiger partial charge >= 0.3 is 36.4 Å². The Morgan fingerprint density at radius 1 is 0.867 bits per heavy atom. The van der Waals surface area contributed by atoms with Crippen LogP contribution in [0.3, 0.4) is 0 Å². The lowest BCUT2D eigenvalue weighted by molar-refractivity contribution is -0.193. The minimum atomic E-state index is -5.08. The second-order valence-corrected chi connectivity index (χ2v) is 8.89. The highest BCUT2D eigenvalue weighted by Crippen LogP contribution is 2.18. The lowest BCUT2D eigenvalue weighted by Gasteiger charge is -2.19. The molecule has 1 aliphatic rings. The molecule has 0 aliphatic carbocycles. The number of halogens is 9. The van der Waals surface area contributed by atoms with Crippen molar-refractivity contribution in [3.05, 3.63) is 41.5 Å². The molecule has 1 aliphatic heterocycles. The number of aryl methyl sites for hydroxylation is 1. The smallest absolute Gasteiger partial charge is 0.475 e. The van der Waals surface area contributed by atoms with E-state index in [1.807, 2.05) is 31.2 Å². The van der Waals surface area contributed by atoms with Crippen LogP contribution in [0.2, 0.25) is 0 Å². The Labute approximate surface area is 248 Å². The van der Waals surface area contributed by atoms with Crippen LogP contribution >= 0.6 is 0 Å². The zero-order chi connectivity index (χ0) is 35.0. The van der Waals surface area contributed by atoms with Crippen LogP contribution in [0.5, 0.6) is 0 Å². The number of ether oxygens (including phenoxy) is 1. The van der Waals surface area contributed by atoms with E-state index in [-0.39, 0.29) is 0 Å². The summed E-state index contributed by atoms with van der Waals surface area (Å²) in [5.41, 5.74) is 3.44. The third kappa shape index (κ3) is 18.4. The highest BCUT2D eigenvalue weighted by molar-refractivity contribution is 5.73. The van der Waals surface area contributed by atoms with E-state index in [9.17, 15) is 39.5 Å². The van der Waals surface area contributed by atoms with Crippen LogP contribution in [0.4, 0.5) is 39.5 Å². The van der Waals surface area contributed by atoms with Gasteiger partial charge < -0.3 is 25.0 Å². The minimum Gasteiger partial charge on any atom is -0.475 e. The topological polar surface area (TPSA) is 171 Å². The molecule has 2 aromatic heterocycles. The first-order valence-electron chi connectivity index (χ1n) is 12.2. The summed E-state index contributed by atoms with van der Waals surface area (Å²) in [7, 11) is 4.09. The Kier molecular flexibility index (Phi) is 17.0. The fourth-order valence-electron chi connectivity index (χ4n) is 2.87. The first kappa shape index (κ1) is 41.0. The Hall–Kier alpha value is -4.05. The maximum absolute atomic E-state index is 10.6. The second-order valence-electron chi connectivity index (χ2n) is 8.89.